The summed E-state index contributed by atoms with van der Waals surface area (Å²) in [6.45, 7) is 9.40. The lowest BCUT2D eigenvalue weighted by Crippen LogP contribution is -1.96. The average molecular weight is 317 g/mol. The molecule has 0 radical (unpaired) electrons. The Morgan fingerprint density at radius 2 is 1.78 bits per heavy atom. The summed E-state index contributed by atoms with van der Waals surface area (Å²) in [5.41, 5.74) is 4.99. The maximum atomic E-state index is 7.30. The van der Waals surface area contributed by atoms with Gasteiger partial charge in [-0.15, -0.1) is 0 Å². The Bertz CT molecular complexity index is 1100. The van der Waals surface area contributed by atoms with Crippen molar-refractivity contribution in [1.29, 1.82) is 0 Å². The second-order valence-corrected chi connectivity index (χ2v) is 5.98. The number of aryl methyl sites for hydroxylation is 1. The van der Waals surface area contributed by atoms with Gasteiger partial charge in [-0.1, -0.05) is 48.0 Å². The number of hydrogen-bond acceptors (Lipinski definition) is 0. The van der Waals surface area contributed by atoms with Crippen molar-refractivity contribution in [2.45, 2.75) is 6.92 Å². The molecule has 110 valence electrons. The molecule has 4 aromatic rings. The highest BCUT2D eigenvalue weighted by Gasteiger charge is 2.15. The minimum atomic E-state index is 0.631. The summed E-state index contributed by atoms with van der Waals surface area (Å²) in [6, 6.07) is 20.0. The van der Waals surface area contributed by atoms with Gasteiger partial charge in [0.2, 0.25) is 0 Å². The first-order valence-electron chi connectivity index (χ1n) is 7.37. The van der Waals surface area contributed by atoms with Crippen LogP contribution in [-0.4, -0.2) is 4.57 Å². The fraction of sp³-hybridized carbons (Fsp3) is 0.0500. The van der Waals surface area contributed by atoms with E-state index in [0.717, 1.165) is 32.5 Å². The third-order valence-corrected chi connectivity index (χ3v) is 4.52. The Balaban J connectivity index is 2.27. The van der Waals surface area contributed by atoms with Gasteiger partial charge >= 0.3 is 0 Å². The molecule has 0 unspecified atom stereocenters. The molecular weight excluding hydrogens is 304 g/mol. The van der Waals surface area contributed by atoms with Crippen LogP contribution in [0.25, 0.3) is 32.3 Å². The van der Waals surface area contributed by atoms with Crippen LogP contribution in [0.15, 0.2) is 60.7 Å². The van der Waals surface area contributed by atoms with Gasteiger partial charge in [-0.25, -0.2) is 4.85 Å². The Hall–Kier alpha value is -2.76. The molecular formula is C20H13ClN2. The molecule has 3 aromatic carbocycles. The second-order valence-electron chi connectivity index (χ2n) is 5.57. The molecule has 0 spiro atoms. The van der Waals surface area contributed by atoms with Gasteiger partial charge in [-0.3, -0.25) is 0 Å². The summed E-state index contributed by atoms with van der Waals surface area (Å²) in [5.74, 6) is 0. The van der Waals surface area contributed by atoms with E-state index in [4.69, 9.17) is 18.2 Å². The molecule has 2 nitrogen and oxygen atoms in total. The zero-order valence-corrected chi connectivity index (χ0v) is 13.3. The molecule has 4 rings (SSSR count). The number of nitrogens with zero attached hydrogens (tertiary/aromatic N) is 2. The Labute approximate surface area is 139 Å². The van der Waals surface area contributed by atoms with E-state index in [9.17, 15) is 0 Å². The number of benzene rings is 3. The minimum Gasteiger partial charge on any atom is -0.310 e. The topological polar surface area (TPSA) is 9.29 Å². The van der Waals surface area contributed by atoms with Gasteiger partial charge in [0.1, 0.15) is 0 Å². The first-order valence-corrected chi connectivity index (χ1v) is 7.74. The van der Waals surface area contributed by atoms with Crippen LogP contribution in [0.3, 0.4) is 0 Å². The van der Waals surface area contributed by atoms with Crippen molar-refractivity contribution in [3.8, 4) is 5.69 Å². The molecule has 0 aliphatic heterocycles. The van der Waals surface area contributed by atoms with E-state index < -0.39 is 0 Å². The smallest absolute Gasteiger partial charge is 0.189 e. The van der Waals surface area contributed by atoms with E-state index in [1.807, 2.05) is 42.5 Å². The summed E-state index contributed by atoms with van der Waals surface area (Å²) in [6.07, 6.45) is 0. The number of hydrogen-bond donors (Lipinski definition) is 0. The lowest BCUT2D eigenvalue weighted by Gasteiger charge is -2.11. The number of rotatable bonds is 1. The van der Waals surface area contributed by atoms with Crippen molar-refractivity contribution in [3.05, 3.63) is 82.7 Å². The van der Waals surface area contributed by atoms with Gasteiger partial charge < -0.3 is 4.57 Å². The molecule has 0 saturated heterocycles. The Morgan fingerprint density at radius 3 is 2.57 bits per heavy atom. The fourth-order valence-electron chi connectivity index (χ4n) is 3.16. The standard InChI is InChI=1S/C20H13ClN2/c1-13-6-3-4-8-17(13)23-18-9-5-7-16(21)20(18)15-11-10-14(22-2)12-19(15)23/h3-12H,1H3. The predicted molar refractivity (Wildman–Crippen MR) is 96.8 cm³/mol. The third kappa shape index (κ3) is 2.02. The van der Waals surface area contributed by atoms with Crippen molar-refractivity contribution < 1.29 is 0 Å². The van der Waals surface area contributed by atoms with Crippen LogP contribution in [0.5, 0.6) is 0 Å². The molecule has 0 bridgehead atoms. The van der Waals surface area contributed by atoms with E-state index >= 15 is 0 Å². The Kier molecular flexibility index (Phi) is 3.11. The van der Waals surface area contributed by atoms with Crippen LogP contribution >= 0.6 is 11.6 Å². The Morgan fingerprint density at radius 1 is 0.957 bits per heavy atom. The van der Waals surface area contributed by atoms with Crippen LogP contribution in [0.2, 0.25) is 5.02 Å². The average Bonchev–Trinajstić information content (AvgIpc) is 2.90. The summed E-state index contributed by atoms with van der Waals surface area (Å²) in [7, 11) is 0. The SMILES string of the molecule is [C-]#[N+]c1ccc2c3c(Cl)cccc3n(-c3ccccc3C)c2c1. The van der Waals surface area contributed by atoms with Crippen LogP contribution in [0.4, 0.5) is 5.69 Å². The zero-order valence-electron chi connectivity index (χ0n) is 12.5. The number of aromatic nitrogens is 1. The van der Waals surface area contributed by atoms with Crippen molar-refractivity contribution >= 4 is 39.1 Å². The number of fused-ring (bicyclic) bond motifs is 3. The van der Waals surface area contributed by atoms with E-state index in [1.165, 1.54) is 5.56 Å². The highest BCUT2D eigenvalue weighted by molar-refractivity contribution is 6.38. The number of para-hydroxylation sites is 1. The van der Waals surface area contributed by atoms with Gasteiger partial charge in [-0.2, -0.15) is 0 Å². The van der Waals surface area contributed by atoms with Gasteiger partial charge in [0.15, 0.2) is 5.69 Å². The number of halogens is 1. The molecule has 0 fully saturated rings. The van der Waals surface area contributed by atoms with E-state index in [2.05, 4.69) is 34.5 Å². The maximum absolute atomic E-state index is 7.30. The predicted octanol–water partition coefficient (Wildman–Crippen LogP) is 6.30. The molecule has 1 aromatic heterocycles. The maximum Gasteiger partial charge on any atom is 0.189 e. The molecule has 3 heteroatoms. The molecule has 0 atom stereocenters. The lowest BCUT2D eigenvalue weighted by molar-refractivity contribution is 1.15. The van der Waals surface area contributed by atoms with E-state index in [0.29, 0.717) is 5.69 Å². The molecule has 0 N–H and O–H groups in total. The van der Waals surface area contributed by atoms with Crippen molar-refractivity contribution in [3.63, 3.8) is 0 Å². The monoisotopic (exact) mass is 316 g/mol. The summed E-state index contributed by atoms with van der Waals surface area (Å²) in [4.78, 5) is 3.57. The quantitative estimate of drug-likeness (QED) is 0.365. The lowest BCUT2D eigenvalue weighted by atomic mass is 10.1. The van der Waals surface area contributed by atoms with Crippen LogP contribution < -0.4 is 0 Å². The first-order chi connectivity index (χ1) is 11.2. The normalized spacial score (nSPS) is 11.0. The van der Waals surface area contributed by atoms with Crippen LogP contribution in [-0.2, 0) is 0 Å². The fourth-order valence-corrected chi connectivity index (χ4v) is 3.43. The van der Waals surface area contributed by atoms with Crippen LogP contribution in [0.1, 0.15) is 5.56 Å². The van der Waals surface area contributed by atoms with Gasteiger partial charge in [0, 0.05) is 22.0 Å². The summed E-state index contributed by atoms with van der Waals surface area (Å²) >= 11 is 6.48. The summed E-state index contributed by atoms with van der Waals surface area (Å²) in [5, 5.41) is 2.83. The molecule has 0 saturated carbocycles. The van der Waals surface area contributed by atoms with Crippen LogP contribution in [0, 0.1) is 13.5 Å². The largest absolute Gasteiger partial charge is 0.310 e. The second kappa shape index (κ2) is 5.15. The summed E-state index contributed by atoms with van der Waals surface area (Å²) < 4.78 is 2.19. The molecule has 23 heavy (non-hydrogen) atoms. The van der Waals surface area contributed by atoms with E-state index in [1.54, 1.807) is 0 Å². The van der Waals surface area contributed by atoms with Gasteiger partial charge in [0.05, 0.1) is 17.1 Å². The minimum absolute atomic E-state index is 0.631. The molecule has 1 heterocycles. The van der Waals surface area contributed by atoms with Gasteiger partial charge in [-0.05, 0) is 36.8 Å². The highest BCUT2D eigenvalue weighted by atomic mass is 35.5. The van der Waals surface area contributed by atoms with E-state index in [-0.39, 0.29) is 0 Å². The van der Waals surface area contributed by atoms with Crippen molar-refractivity contribution in [2.75, 3.05) is 0 Å². The molecule has 0 aliphatic rings. The van der Waals surface area contributed by atoms with Gasteiger partial charge in [0.25, 0.3) is 0 Å². The highest BCUT2D eigenvalue weighted by Crippen LogP contribution is 2.38. The molecule has 0 amide bonds. The third-order valence-electron chi connectivity index (χ3n) is 4.21. The van der Waals surface area contributed by atoms with Crippen molar-refractivity contribution in [1.82, 2.24) is 4.57 Å². The zero-order chi connectivity index (χ0) is 16.0. The van der Waals surface area contributed by atoms with Crippen molar-refractivity contribution in [2.24, 2.45) is 0 Å². The first kappa shape index (κ1) is 13.9. The molecule has 0 aliphatic carbocycles.